The van der Waals surface area contributed by atoms with Crippen LogP contribution in [0.3, 0.4) is 0 Å². The van der Waals surface area contributed by atoms with Crippen molar-refractivity contribution in [1.82, 2.24) is 23.6 Å². The molecule has 0 spiro atoms. The lowest BCUT2D eigenvalue weighted by atomic mass is 10.2. The average Bonchev–Trinajstić information content (AvgIpc) is 3.30. The minimum atomic E-state index is -1.02. The van der Waals surface area contributed by atoms with E-state index in [-0.39, 0.29) is 31.8 Å². The number of hydrogen-bond acceptors (Lipinski definition) is 8. The first-order chi connectivity index (χ1) is 18.2. The maximum absolute atomic E-state index is 12.9. The Bertz CT molecular complexity index is 1480. The summed E-state index contributed by atoms with van der Waals surface area (Å²) in [5, 5.41) is 21.1. The second-order valence-electron chi connectivity index (χ2n) is 9.35. The zero-order chi connectivity index (χ0) is 27.2. The zero-order valence-corrected chi connectivity index (χ0v) is 21.7. The Balaban J connectivity index is 1.30. The minimum absolute atomic E-state index is 0.0172. The van der Waals surface area contributed by atoms with Crippen LogP contribution in [0, 0.1) is 0 Å². The Morgan fingerprint density at radius 3 is 2.26 bits per heavy atom. The van der Waals surface area contributed by atoms with E-state index in [0.29, 0.717) is 23.8 Å². The standard InChI is InChI=1S/C27H33N5O6/c1-29(13-20(33)15-32-26(35)24-25(28-18-30(24)2)31(3)27(32)36)14-21(34)17-38-23-12-8-7-11-22(23)37-16-19-9-5-4-6-10-19/h4-12,18,20-21,33-34H,13-17H2,1-3H3. The molecule has 0 saturated carbocycles. The molecule has 2 aromatic carbocycles. The number of aryl methyl sites for hydroxylation is 2. The van der Waals surface area contributed by atoms with Crippen LogP contribution in [0.1, 0.15) is 5.56 Å². The van der Waals surface area contributed by atoms with Crippen molar-refractivity contribution in [3.8, 4) is 11.5 Å². The van der Waals surface area contributed by atoms with Crippen LogP contribution in [0.15, 0.2) is 70.5 Å². The molecule has 0 aliphatic heterocycles. The molecule has 0 saturated heterocycles. The lowest BCUT2D eigenvalue weighted by molar-refractivity contribution is 0.0506. The van der Waals surface area contributed by atoms with Crippen LogP contribution in [0.25, 0.3) is 11.2 Å². The van der Waals surface area contributed by atoms with Gasteiger partial charge in [0, 0.05) is 27.2 Å². The van der Waals surface area contributed by atoms with Gasteiger partial charge in [-0.05, 0) is 24.7 Å². The van der Waals surface area contributed by atoms with Crippen LogP contribution < -0.4 is 20.7 Å². The third kappa shape index (κ3) is 6.31. The Kier molecular flexibility index (Phi) is 8.62. The predicted octanol–water partition coefficient (Wildman–Crippen LogP) is 0.745. The van der Waals surface area contributed by atoms with E-state index < -0.39 is 23.5 Å². The van der Waals surface area contributed by atoms with Gasteiger partial charge in [0.2, 0.25) is 0 Å². The topological polar surface area (TPSA) is 124 Å². The Morgan fingerprint density at radius 1 is 0.921 bits per heavy atom. The molecule has 2 unspecified atom stereocenters. The average molecular weight is 524 g/mol. The summed E-state index contributed by atoms with van der Waals surface area (Å²) in [7, 11) is 4.94. The van der Waals surface area contributed by atoms with E-state index in [1.54, 1.807) is 29.6 Å². The van der Waals surface area contributed by atoms with Crippen molar-refractivity contribution in [2.24, 2.45) is 14.1 Å². The van der Waals surface area contributed by atoms with Gasteiger partial charge in [-0.1, -0.05) is 42.5 Å². The highest BCUT2D eigenvalue weighted by atomic mass is 16.5. The number of benzene rings is 2. The highest BCUT2D eigenvalue weighted by molar-refractivity contribution is 5.69. The summed E-state index contributed by atoms with van der Waals surface area (Å²) in [6.07, 6.45) is -0.399. The predicted molar refractivity (Wildman–Crippen MR) is 142 cm³/mol. The van der Waals surface area contributed by atoms with Crippen molar-refractivity contribution in [1.29, 1.82) is 0 Å². The van der Waals surface area contributed by atoms with Gasteiger partial charge in [0.25, 0.3) is 5.56 Å². The summed E-state index contributed by atoms with van der Waals surface area (Å²) in [4.78, 5) is 31.3. The molecule has 0 radical (unpaired) electrons. The SMILES string of the molecule is CN(CC(O)COc1ccccc1OCc1ccccc1)CC(O)Cn1c(=O)c2c(ncn2C)n(C)c1=O. The molecule has 0 fully saturated rings. The number of aromatic nitrogens is 4. The number of fused-ring (bicyclic) bond motifs is 1. The van der Waals surface area contributed by atoms with Crippen LogP contribution in [0.4, 0.5) is 0 Å². The van der Waals surface area contributed by atoms with Crippen LogP contribution >= 0.6 is 0 Å². The molecule has 38 heavy (non-hydrogen) atoms. The van der Waals surface area contributed by atoms with Crippen molar-refractivity contribution in [3.05, 3.63) is 87.3 Å². The number of rotatable bonds is 12. The summed E-state index contributed by atoms with van der Waals surface area (Å²) in [6, 6.07) is 17.0. The molecule has 202 valence electrons. The largest absolute Gasteiger partial charge is 0.487 e. The van der Waals surface area contributed by atoms with E-state index in [2.05, 4.69) is 4.98 Å². The molecule has 2 heterocycles. The second kappa shape index (κ2) is 12.1. The fourth-order valence-electron chi connectivity index (χ4n) is 4.28. The van der Waals surface area contributed by atoms with E-state index >= 15 is 0 Å². The van der Waals surface area contributed by atoms with E-state index in [0.717, 1.165) is 10.1 Å². The molecule has 0 bridgehead atoms. The summed E-state index contributed by atoms with van der Waals surface area (Å²) in [6.45, 7) is 0.563. The molecule has 2 N–H and O–H groups in total. The molecule has 0 aliphatic rings. The molecule has 4 aromatic rings. The Hall–Kier alpha value is -3.93. The summed E-state index contributed by atoms with van der Waals surface area (Å²) >= 11 is 0. The van der Waals surface area contributed by atoms with Gasteiger partial charge in [0.05, 0.1) is 19.0 Å². The van der Waals surface area contributed by atoms with Crippen molar-refractivity contribution >= 4 is 11.2 Å². The highest BCUT2D eigenvalue weighted by Crippen LogP contribution is 2.27. The fourth-order valence-corrected chi connectivity index (χ4v) is 4.28. The van der Waals surface area contributed by atoms with Gasteiger partial charge in [-0.3, -0.25) is 13.9 Å². The van der Waals surface area contributed by atoms with E-state index in [1.807, 2.05) is 48.5 Å². The first kappa shape index (κ1) is 27.1. The molecule has 2 aromatic heterocycles. The quantitative estimate of drug-likeness (QED) is 0.279. The molecule has 0 amide bonds. The van der Waals surface area contributed by atoms with Gasteiger partial charge in [-0.15, -0.1) is 0 Å². The number of likely N-dealkylation sites (N-methyl/N-ethyl adjacent to an activating group) is 1. The third-order valence-electron chi connectivity index (χ3n) is 6.16. The van der Waals surface area contributed by atoms with Crippen molar-refractivity contribution in [2.45, 2.75) is 25.4 Å². The number of aliphatic hydroxyl groups excluding tert-OH is 2. The molecule has 0 aliphatic carbocycles. The first-order valence-corrected chi connectivity index (χ1v) is 12.3. The monoisotopic (exact) mass is 523 g/mol. The Morgan fingerprint density at radius 2 is 1.55 bits per heavy atom. The van der Waals surface area contributed by atoms with Gasteiger partial charge in [-0.2, -0.15) is 0 Å². The number of para-hydroxylation sites is 2. The number of ether oxygens (including phenoxy) is 2. The van der Waals surface area contributed by atoms with E-state index in [4.69, 9.17) is 9.47 Å². The van der Waals surface area contributed by atoms with Crippen molar-refractivity contribution < 1.29 is 19.7 Å². The summed E-state index contributed by atoms with van der Waals surface area (Å²) in [5.74, 6) is 1.09. The van der Waals surface area contributed by atoms with Gasteiger partial charge < -0.3 is 29.2 Å². The maximum Gasteiger partial charge on any atom is 0.332 e. The van der Waals surface area contributed by atoms with Crippen LogP contribution in [0.5, 0.6) is 11.5 Å². The zero-order valence-electron chi connectivity index (χ0n) is 21.7. The lowest BCUT2D eigenvalue weighted by Crippen LogP contribution is -2.45. The van der Waals surface area contributed by atoms with Gasteiger partial charge >= 0.3 is 5.69 Å². The number of nitrogens with zero attached hydrogens (tertiary/aromatic N) is 5. The Labute approximate surface area is 219 Å². The molecule has 11 nitrogen and oxygen atoms in total. The molecule has 4 rings (SSSR count). The number of hydrogen-bond donors (Lipinski definition) is 2. The molecular weight excluding hydrogens is 490 g/mol. The van der Waals surface area contributed by atoms with Crippen molar-refractivity contribution in [2.75, 3.05) is 26.7 Å². The van der Waals surface area contributed by atoms with E-state index in [9.17, 15) is 19.8 Å². The van der Waals surface area contributed by atoms with Crippen LogP contribution in [-0.2, 0) is 27.2 Å². The van der Waals surface area contributed by atoms with Crippen molar-refractivity contribution in [3.63, 3.8) is 0 Å². The second-order valence-corrected chi connectivity index (χ2v) is 9.35. The smallest absolute Gasteiger partial charge is 0.332 e. The normalized spacial score (nSPS) is 13.1. The van der Waals surface area contributed by atoms with Crippen LogP contribution in [-0.4, -0.2) is 72.8 Å². The molecule has 11 heteroatoms. The molecular formula is C27H33N5O6. The third-order valence-corrected chi connectivity index (χ3v) is 6.16. The van der Waals surface area contributed by atoms with Gasteiger partial charge in [-0.25, -0.2) is 9.78 Å². The maximum atomic E-state index is 12.9. The van der Waals surface area contributed by atoms with E-state index in [1.165, 1.54) is 17.9 Å². The highest BCUT2D eigenvalue weighted by Gasteiger charge is 2.19. The number of imidazole rings is 1. The van der Waals surface area contributed by atoms with Gasteiger partial charge in [0.1, 0.15) is 19.3 Å². The first-order valence-electron chi connectivity index (χ1n) is 12.3. The molecule has 2 atom stereocenters. The number of aliphatic hydroxyl groups is 2. The summed E-state index contributed by atoms with van der Waals surface area (Å²) in [5.41, 5.74) is 0.549. The fraction of sp³-hybridized carbons (Fsp3) is 0.370. The van der Waals surface area contributed by atoms with Crippen LogP contribution in [0.2, 0.25) is 0 Å². The summed E-state index contributed by atoms with van der Waals surface area (Å²) < 4.78 is 15.6. The minimum Gasteiger partial charge on any atom is -0.487 e. The van der Waals surface area contributed by atoms with Gasteiger partial charge in [0.15, 0.2) is 22.7 Å². The lowest BCUT2D eigenvalue weighted by Gasteiger charge is -2.24.